The number of nitrogens with zero attached hydrogens (tertiary/aromatic N) is 2. The molecule has 0 bridgehead atoms. The highest BCUT2D eigenvalue weighted by atomic mass is 35.5. The molecule has 2 N–H and O–H groups in total. The number of hydrogen-bond donors (Lipinski definition) is 2. The van der Waals surface area contributed by atoms with E-state index in [1.807, 2.05) is 18.2 Å². The summed E-state index contributed by atoms with van der Waals surface area (Å²) in [5, 5.41) is 7.01. The number of para-hydroxylation sites is 1. The zero-order chi connectivity index (χ0) is 20.1. The van der Waals surface area contributed by atoms with E-state index in [0.717, 1.165) is 44.1 Å². The molecule has 1 amide bonds. The molecule has 8 heteroatoms. The van der Waals surface area contributed by atoms with Gasteiger partial charge >= 0.3 is 0 Å². The van der Waals surface area contributed by atoms with Crippen LogP contribution in [0.2, 0.25) is 10.0 Å². The van der Waals surface area contributed by atoms with Crippen LogP contribution in [0.5, 0.6) is 0 Å². The number of thiocarbonyl (C=S) groups is 1. The highest BCUT2D eigenvalue weighted by molar-refractivity contribution is 7.80. The third-order valence-electron chi connectivity index (χ3n) is 4.72. The Morgan fingerprint density at radius 1 is 1.04 bits per heavy atom. The number of hydrogen-bond acceptors (Lipinski definition) is 4. The van der Waals surface area contributed by atoms with Crippen LogP contribution in [0.1, 0.15) is 17.3 Å². The van der Waals surface area contributed by atoms with Crippen LogP contribution < -0.4 is 15.5 Å². The third-order valence-corrected chi connectivity index (χ3v) is 5.55. The van der Waals surface area contributed by atoms with Crippen LogP contribution in [-0.2, 0) is 0 Å². The van der Waals surface area contributed by atoms with Crippen LogP contribution in [0.3, 0.4) is 0 Å². The van der Waals surface area contributed by atoms with Crippen molar-refractivity contribution in [3.8, 4) is 0 Å². The van der Waals surface area contributed by atoms with Crippen LogP contribution in [0.15, 0.2) is 42.5 Å². The Balaban J connectivity index is 1.72. The van der Waals surface area contributed by atoms with Crippen molar-refractivity contribution in [3.05, 3.63) is 58.1 Å². The van der Waals surface area contributed by atoms with Crippen molar-refractivity contribution in [2.24, 2.45) is 0 Å². The Labute approximate surface area is 180 Å². The van der Waals surface area contributed by atoms with E-state index in [0.29, 0.717) is 15.6 Å². The molecule has 0 spiro atoms. The van der Waals surface area contributed by atoms with Gasteiger partial charge in [-0.2, -0.15) is 0 Å². The summed E-state index contributed by atoms with van der Waals surface area (Å²) < 4.78 is 0. The van der Waals surface area contributed by atoms with Crippen LogP contribution in [-0.4, -0.2) is 48.6 Å². The van der Waals surface area contributed by atoms with Gasteiger partial charge in [-0.1, -0.05) is 48.3 Å². The van der Waals surface area contributed by atoms with Crippen LogP contribution in [0, 0.1) is 0 Å². The second kappa shape index (κ2) is 9.56. The predicted octanol–water partition coefficient (Wildman–Crippen LogP) is 4.26. The summed E-state index contributed by atoms with van der Waals surface area (Å²) >= 11 is 17.9. The van der Waals surface area contributed by atoms with Crippen molar-refractivity contribution < 1.29 is 4.79 Å². The first-order chi connectivity index (χ1) is 13.5. The van der Waals surface area contributed by atoms with Gasteiger partial charge in [0.25, 0.3) is 5.91 Å². The largest absolute Gasteiger partial charge is 0.366 e. The molecule has 5 nitrogen and oxygen atoms in total. The fourth-order valence-corrected chi connectivity index (χ4v) is 3.91. The SMILES string of the molecule is CCN1CCN(c2c(Cl)cccc2NC(=S)NC(=O)c2ccccc2Cl)CC1. The molecule has 0 aromatic heterocycles. The molecule has 0 unspecified atom stereocenters. The van der Waals surface area contributed by atoms with Crippen LogP contribution >= 0.6 is 35.4 Å². The third kappa shape index (κ3) is 4.94. The molecule has 0 saturated carbocycles. The Kier molecular flexibility index (Phi) is 7.13. The van der Waals surface area contributed by atoms with Gasteiger partial charge in [-0.25, -0.2) is 0 Å². The topological polar surface area (TPSA) is 47.6 Å². The minimum atomic E-state index is -0.358. The summed E-state index contributed by atoms with van der Waals surface area (Å²) in [6.45, 7) is 6.93. The summed E-state index contributed by atoms with van der Waals surface area (Å²) in [7, 11) is 0. The van der Waals surface area contributed by atoms with Gasteiger partial charge in [0.2, 0.25) is 0 Å². The summed E-state index contributed by atoms with van der Waals surface area (Å²) in [6, 6.07) is 12.5. The van der Waals surface area contributed by atoms with Crippen molar-refractivity contribution in [1.82, 2.24) is 10.2 Å². The number of anilines is 2. The lowest BCUT2D eigenvalue weighted by Crippen LogP contribution is -2.46. The molecule has 1 aliphatic heterocycles. The van der Waals surface area contributed by atoms with Gasteiger partial charge in [0, 0.05) is 26.2 Å². The monoisotopic (exact) mass is 436 g/mol. The zero-order valence-electron chi connectivity index (χ0n) is 15.5. The van der Waals surface area contributed by atoms with Gasteiger partial charge in [0.15, 0.2) is 5.11 Å². The molecule has 28 heavy (non-hydrogen) atoms. The molecule has 2 aromatic carbocycles. The van der Waals surface area contributed by atoms with Crippen molar-refractivity contribution >= 4 is 57.8 Å². The van der Waals surface area contributed by atoms with E-state index < -0.39 is 0 Å². The van der Waals surface area contributed by atoms with Gasteiger partial charge in [-0.15, -0.1) is 0 Å². The summed E-state index contributed by atoms with van der Waals surface area (Å²) in [5.41, 5.74) is 2.03. The molecule has 0 radical (unpaired) electrons. The fourth-order valence-electron chi connectivity index (χ4n) is 3.19. The maximum atomic E-state index is 12.4. The Hall–Kier alpha value is -1.86. The summed E-state index contributed by atoms with van der Waals surface area (Å²) in [4.78, 5) is 17.1. The summed E-state index contributed by atoms with van der Waals surface area (Å²) in [5.74, 6) is -0.358. The Morgan fingerprint density at radius 2 is 1.71 bits per heavy atom. The van der Waals surface area contributed by atoms with Crippen LogP contribution in [0.4, 0.5) is 11.4 Å². The van der Waals surface area contributed by atoms with Crippen molar-refractivity contribution in [1.29, 1.82) is 0 Å². The van der Waals surface area contributed by atoms with E-state index in [4.69, 9.17) is 35.4 Å². The molecular weight excluding hydrogens is 415 g/mol. The smallest absolute Gasteiger partial charge is 0.258 e. The minimum absolute atomic E-state index is 0.195. The molecule has 1 aliphatic rings. The van der Waals surface area contributed by atoms with Crippen molar-refractivity contribution in [2.75, 3.05) is 42.9 Å². The molecule has 3 rings (SSSR count). The average Bonchev–Trinajstić information content (AvgIpc) is 2.68. The number of halogens is 2. The molecule has 1 heterocycles. The highest BCUT2D eigenvalue weighted by Crippen LogP contribution is 2.34. The molecule has 1 fully saturated rings. The van der Waals surface area contributed by atoms with Gasteiger partial charge in [-0.3, -0.25) is 10.1 Å². The van der Waals surface area contributed by atoms with Crippen LogP contribution in [0.25, 0.3) is 0 Å². The maximum absolute atomic E-state index is 12.4. The number of nitrogens with one attached hydrogen (secondary N) is 2. The zero-order valence-corrected chi connectivity index (χ0v) is 17.9. The van der Waals surface area contributed by atoms with Crippen molar-refractivity contribution in [2.45, 2.75) is 6.92 Å². The quantitative estimate of drug-likeness (QED) is 0.700. The number of rotatable bonds is 4. The molecule has 0 aliphatic carbocycles. The first-order valence-corrected chi connectivity index (χ1v) is 10.3. The van der Waals surface area contributed by atoms with Gasteiger partial charge in [-0.05, 0) is 43.0 Å². The van der Waals surface area contributed by atoms with E-state index >= 15 is 0 Å². The van der Waals surface area contributed by atoms with E-state index in [-0.39, 0.29) is 11.0 Å². The fraction of sp³-hybridized carbons (Fsp3) is 0.300. The lowest BCUT2D eigenvalue weighted by molar-refractivity contribution is 0.0978. The van der Waals surface area contributed by atoms with Gasteiger partial charge < -0.3 is 15.1 Å². The number of carbonyl (C=O) groups excluding carboxylic acids is 1. The van der Waals surface area contributed by atoms with Gasteiger partial charge in [0.1, 0.15) is 0 Å². The molecule has 0 atom stereocenters. The first kappa shape index (κ1) is 20.9. The maximum Gasteiger partial charge on any atom is 0.258 e. The Morgan fingerprint density at radius 3 is 2.39 bits per heavy atom. The number of likely N-dealkylation sites (N-methyl/N-ethyl adjacent to an activating group) is 1. The molecular formula is C20H22Cl2N4OS. The number of benzene rings is 2. The lowest BCUT2D eigenvalue weighted by atomic mass is 10.2. The van der Waals surface area contributed by atoms with Crippen molar-refractivity contribution in [3.63, 3.8) is 0 Å². The number of amides is 1. The minimum Gasteiger partial charge on any atom is -0.366 e. The predicted molar refractivity (Wildman–Crippen MR) is 121 cm³/mol. The number of carbonyl (C=O) groups is 1. The van der Waals surface area contributed by atoms with E-state index in [2.05, 4.69) is 27.4 Å². The second-order valence-electron chi connectivity index (χ2n) is 6.45. The Bertz CT molecular complexity index is 869. The first-order valence-electron chi connectivity index (χ1n) is 9.12. The standard InChI is InChI=1S/C20H22Cl2N4OS/c1-2-25-10-12-26(13-11-25)18-16(22)8-5-9-17(18)23-20(28)24-19(27)14-6-3-4-7-15(14)21/h3-9H,2,10-13H2,1H3,(H2,23,24,27,28). The molecule has 148 valence electrons. The normalized spacial score (nSPS) is 14.6. The number of piperazine rings is 1. The molecule has 1 saturated heterocycles. The van der Waals surface area contributed by atoms with Gasteiger partial charge in [0.05, 0.1) is 27.0 Å². The van der Waals surface area contributed by atoms with E-state index in [1.165, 1.54) is 0 Å². The lowest BCUT2D eigenvalue weighted by Gasteiger charge is -2.37. The average molecular weight is 437 g/mol. The molecule has 2 aromatic rings. The van der Waals surface area contributed by atoms with E-state index in [9.17, 15) is 4.79 Å². The highest BCUT2D eigenvalue weighted by Gasteiger charge is 2.21. The second-order valence-corrected chi connectivity index (χ2v) is 7.67. The van der Waals surface area contributed by atoms with E-state index in [1.54, 1.807) is 24.3 Å². The summed E-state index contributed by atoms with van der Waals surface area (Å²) in [6.07, 6.45) is 0.